The zero-order valence-electron chi connectivity index (χ0n) is 12.6. The van der Waals surface area contributed by atoms with E-state index in [0.717, 1.165) is 31.4 Å². The summed E-state index contributed by atoms with van der Waals surface area (Å²) in [5.41, 5.74) is 1.08. The molecule has 0 heterocycles. The predicted molar refractivity (Wildman–Crippen MR) is 86.0 cm³/mol. The zero-order valence-corrected chi connectivity index (χ0v) is 14.1. The lowest BCUT2D eigenvalue weighted by Gasteiger charge is -2.15. The average Bonchev–Trinajstić information content (AvgIpc) is 3.25. The minimum Gasteiger partial charge on any atom is -0.313 e. The van der Waals surface area contributed by atoms with Gasteiger partial charge in [-0.2, -0.15) is 0 Å². The molecule has 0 radical (unpaired) electrons. The molecule has 0 saturated heterocycles. The van der Waals surface area contributed by atoms with Crippen LogP contribution in [-0.2, 0) is 16.6 Å². The van der Waals surface area contributed by atoms with Crippen LogP contribution >= 0.6 is 11.6 Å². The quantitative estimate of drug-likeness (QED) is 0.770. The van der Waals surface area contributed by atoms with Gasteiger partial charge < -0.3 is 5.32 Å². The summed E-state index contributed by atoms with van der Waals surface area (Å²) in [6.45, 7) is 6.08. The van der Waals surface area contributed by atoms with Gasteiger partial charge in [0.05, 0.1) is 5.02 Å². The number of hydrogen-bond acceptors (Lipinski definition) is 3. The Morgan fingerprint density at radius 1 is 1.29 bits per heavy atom. The number of nitrogens with one attached hydrogen (secondary N) is 2. The molecule has 1 aromatic carbocycles. The van der Waals surface area contributed by atoms with Crippen molar-refractivity contribution in [3.8, 4) is 0 Å². The van der Waals surface area contributed by atoms with E-state index in [0.29, 0.717) is 13.1 Å². The van der Waals surface area contributed by atoms with E-state index in [1.54, 1.807) is 12.1 Å². The molecule has 1 saturated carbocycles. The highest BCUT2D eigenvalue weighted by molar-refractivity contribution is 7.89. The molecule has 21 heavy (non-hydrogen) atoms. The Bertz CT molecular complexity index is 598. The minimum absolute atomic E-state index is 0.168. The fraction of sp³-hybridized carbons (Fsp3) is 0.600. The first kappa shape index (κ1) is 16.7. The van der Waals surface area contributed by atoms with E-state index < -0.39 is 10.0 Å². The van der Waals surface area contributed by atoms with Crippen molar-refractivity contribution in [1.82, 2.24) is 10.0 Å². The standard InChI is InChI=1S/C15H23ClN2O2S/c1-3-15(7-8-15)11-18-21(19,20)14-9-12(10-17-4-2)5-6-13(14)16/h5-6,9,17-18H,3-4,7-8,10-11H2,1-2H3. The van der Waals surface area contributed by atoms with Crippen molar-refractivity contribution in [3.05, 3.63) is 28.8 Å². The van der Waals surface area contributed by atoms with E-state index in [9.17, 15) is 8.42 Å². The fourth-order valence-electron chi connectivity index (χ4n) is 2.29. The smallest absolute Gasteiger partial charge is 0.242 e. The Kier molecular flexibility index (Phi) is 5.30. The van der Waals surface area contributed by atoms with E-state index in [1.165, 1.54) is 0 Å². The lowest BCUT2D eigenvalue weighted by molar-refractivity contribution is 0.475. The molecule has 0 aliphatic heterocycles. The van der Waals surface area contributed by atoms with Crippen LogP contribution in [0.5, 0.6) is 0 Å². The van der Waals surface area contributed by atoms with Crippen molar-refractivity contribution in [3.63, 3.8) is 0 Å². The zero-order chi connectivity index (χ0) is 15.5. The summed E-state index contributed by atoms with van der Waals surface area (Å²) < 4.78 is 27.6. The van der Waals surface area contributed by atoms with Gasteiger partial charge in [0.25, 0.3) is 0 Å². The molecule has 2 N–H and O–H groups in total. The van der Waals surface area contributed by atoms with Gasteiger partial charge in [-0.1, -0.05) is 31.5 Å². The van der Waals surface area contributed by atoms with Crippen LogP contribution in [-0.4, -0.2) is 21.5 Å². The molecule has 6 heteroatoms. The maximum Gasteiger partial charge on any atom is 0.242 e. The van der Waals surface area contributed by atoms with Gasteiger partial charge >= 0.3 is 0 Å². The van der Waals surface area contributed by atoms with Gasteiger partial charge in [0, 0.05) is 13.1 Å². The van der Waals surface area contributed by atoms with Gasteiger partial charge in [-0.3, -0.25) is 0 Å². The number of benzene rings is 1. The SMILES string of the molecule is CCNCc1ccc(Cl)c(S(=O)(=O)NCC2(CC)CC2)c1. The second kappa shape index (κ2) is 6.65. The number of rotatable bonds is 8. The molecule has 0 amide bonds. The van der Waals surface area contributed by atoms with E-state index in [-0.39, 0.29) is 15.3 Å². The molecule has 1 aliphatic rings. The van der Waals surface area contributed by atoms with Crippen LogP contribution in [0.3, 0.4) is 0 Å². The van der Waals surface area contributed by atoms with E-state index in [4.69, 9.17) is 11.6 Å². The van der Waals surface area contributed by atoms with Crippen molar-refractivity contribution in [2.45, 2.75) is 44.6 Å². The first-order chi connectivity index (χ1) is 9.92. The second-order valence-corrected chi connectivity index (χ2v) is 7.87. The third-order valence-corrected chi connectivity index (χ3v) is 6.09. The molecular formula is C15H23ClN2O2S. The van der Waals surface area contributed by atoms with Crippen molar-refractivity contribution >= 4 is 21.6 Å². The molecule has 1 aliphatic carbocycles. The predicted octanol–water partition coefficient (Wildman–Crippen LogP) is 2.92. The summed E-state index contributed by atoms with van der Waals surface area (Å²) in [5, 5.41) is 3.45. The van der Waals surface area contributed by atoms with Gasteiger partial charge in [-0.25, -0.2) is 13.1 Å². The van der Waals surface area contributed by atoms with E-state index in [1.807, 2.05) is 13.0 Å². The molecule has 0 unspecified atom stereocenters. The Morgan fingerprint density at radius 3 is 2.57 bits per heavy atom. The number of hydrogen-bond donors (Lipinski definition) is 2. The highest BCUT2D eigenvalue weighted by Crippen LogP contribution is 2.48. The normalized spacial score (nSPS) is 16.9. The fourth-order valence-corrected chi connectivity index (χ4v) is 4.00. The van der Waals surface area contributed by atoms with Crippen molar-refractivity contribution in [1.29, 1.82) is 0 Å². The Labute approximate surface area is 132 Å². The first-order valence-corrected chi connectivity index (χ1v) is 9.27. The Balaban J connectivity index is 2.14. The molecule has 0 spiro atoms. The molecule has 118 valence electrons. The van der Waals surface area contributed by atoms with Crippen LogP contribution in [0.4, 0.5) is 0 Å². The largest absolute Gasteiger partial charge is 0.313 e. The second-order valence-electron chi connectivity index (χ2n) is 5.72. The maximum atomic E-state index is 12.5. The molecule has 0 bridgehead atoms. The van der Waals surface area contributed by atoms with Crippen molar-refractivity contribution < 1.29 is 8.42 Å². The minimum atomic E-state index is -3.55. The van der Waals surface area contributed by atoms with E-state index in [2.05, 4.69) is 17.0 Å². The Hall–Kier alpha value is -0.620. The maximum absolute atomic E-state index is 12.5. The summed E-state index contributed by atoms with van der Waals surface area (Å²) in [7, 11) is -3.55. The molecule has 0 aromatic heterocycles. The van der Waals surface area contributed by atoms with Crippen LogP contribution in [0.25, 0.3) is 0 Å². The third kappa shape index (κ3) is 4.19. The van der Waals surface area contributed by atoms with Gasteiger partial charge in [0.1, 0.15) is 4.90 Å². The van der Waals surface area contributed by atoms with Gasteiger partial charge in [0.2, 0.25) is 10.0 Å². The van der Waals surface area contributed by atoms with Gasteiger partial charge in [-0.15, -0.1) is 0 Å². The van der Waals surface area contributed by atoms with Crippen LogP contribution in [0, 0.1) is 5.41 Å². The lowest BCUT2D eigenvalue weighted by atomic mass is 10.1. The monoisotopic (exact) mass is 330 g/mol. The summed E-state index contributed by atoms with van der Waals surface area (Å²) >= 11 is 6.07. The van der Waals surface area contributed by atoms with Crippen LogP contribution in [0.1, 0.15) is 38.7 Å². The highest BCUT2D eigenvalue weighted by atomic mass is 35.5. The topological polar surface area (TPSA) is 58.2 Å². The van der Waals surface area contributed by atoms with Gasteiger partial charge in [0.15, 0.2) is 0 Å². The third-order valence-electron chi connectivity index (χ3n) is 4.21. The average molecular weight is 331 g/mol. The van der Waals surface area contributed by atoms with Crippen molar-refractivity contribution in [2.24, 2.45) is 5.41 Å². The van der Waals surface area contributed by atoms with Gasteiger partial charge in [-0.05, 0) is 48.9 Å². The molecular weight excluding hydrogens is 308 g/mol. The molecule has 1 aromatic rings. The van der Waals surface area contributed by atoms with Crippen LogP contribution < -0.4 is 10.0 Å². The number of halogens is 1. The Morgan fingerprint density at radius 2 is 2.00 bits per heavy atom. The summed E-state index contributed by atoms with van der Waals surface area (Å²) in [6, 6.07) is 5.15. The highest BCUT2D eigenvalue weighted by Gasteiger charge is 2.41. The first-order valence-electron chi connectivity index (χ1n) is 7.41. The molecule has 2 rings (SSSR count). The van der Waals surface area contributed by atoms with Crippen LogP contribution in [0.2, 0.25) is 5.02 Å². The summed E-state index contributed by atoms with van der Waals surface area (Å²) in [6.07, 6.45) is 3.20. The van der Waals surface area contributed by atoms with Crippen LogP contribution in [0.15, 0.2) is 23.1 Å². The number of sulfonamides is 1. The molecule has 0 atom stereocenters. The van der Waals surface area contributed by atoms with E-state index >= 15 is 0 Å². The summed E-state index contributed by atoms with van der Waals surface area (Å²) in [5.74, 6) is 0. The van der Waals surface area contributed by atoms with Crippen molar-refractivity contribution in [2.75, 3.05) is 13.1 Å². The molecule has 4 nitrogen and oxygen atoms in total. The lowest BCUT2D eigenvalue weighted by Crippen LogP contribution is -2.30. The summed E-state index contributed by atoms with van der Waals surface area (Å²) in [4.78, 5) is 0.173. The molecule has 1 fully saturated rings.